The summed E-state index contributed by atoms with van der Waals surface area (Å²) in [6.07, 6.45) is 0. The Kier molecular flexibility index (Phi) is 3.22. The van der Waals surface area contributed by atoms with Gasteiger partial charge in [-0.15, -0.1) is 0 Å². The van der Waals surface area contributed by atoms with Crippen LogP contribution in [0.4, 0.5) is 24.5 Å². The predicted octanol–water partition coefficient (Wildman–Crippen LogP) is 2.26. The summed E-state index contributed by atoms with van der Waals surface area (Å²) in [6.45, 7) is -2.66. The lowest BCUT2D eigenvalue weighted by Gasteiger charge is -2.12. The molecule has 0 atom stereocenters. The van der Waals surface area contributed by atoms with Gasteiger partial charge in [0.1, 0.15) is 20.0 Å². The molecule has 2 nitrogen and oxygen atoms in total. The number of anilines is 2. The summed E-state index contributed by atoms with van der Waals surface area (Å²) in [5.74, 6) is 0. The number of nitrogen functional groups attached to an aromatic ring is 2. The molecule has 0 spiro atoms. The average Bonchev–Trinajstić information content (AvgIpc) is 2.17. The van der Waals surface area contributed by atoms with E-state index in [1.165, 1.54) is 6.07 Å². The van der Waals surface area contributed by atoms with Gasteiger partial charge in [-0.3, -0.25) is 0 Å². The summed E-state index contributed by atoms with van der Waals surface area (Å²) in [6, 6.07) is 1.22. The maximum atomic E-state index is 12.5. The van der Waals surface area contributed by atoms with Crippen LogP contribution in [0.15, 0.2) is 6.07 Å². The fourth-order valence-corrected chi connectivity index (χ4v) is 1.30. The highest BCUT2D eigenvalue weighted by Gasteiger charge is 2.13. The molecule has 0 unspecified atom stereocenters. The van der Waals surface area contributed by atoms with Gasteiger partial charge in [0.25, 0.3) is 0 Å². The van der Waals surface area contributed by atoms with Gasteiger partial charge in [0, 0.05) is 22.5 Å². The molecule has 0 aliphatic carbocycles. The van der Waals surface area contributed by atoms with Crippen molar-refractivity contribution in [3.05, 3.63) is 22.8 Å². The predicted molar refractivity (Wildman–Crippen MR) is 49.7 cm³/mol. The molecule has 14 heavy (non-hydrogen) atoms. The minimum Gasteiger partial charge on any atom is -0.398 e. The van der Waals surface area contributed by atoms with Gasteiger partial charge in [-0.2, -0.15) is 0 Å². The van der Waals surface area contributed by atoms with Crippen molar-refractivity contribution in [1.82, 2.24) is 0 Å². The van der Waals surface area contributed by atoms with Crippen molar-refractivity contribution in [3.8, 4) is 0 Å². The lowest BCUT2D eigenvalue weighted by Crippen LogP contribution is -2.05. The molecule has 1 aromatic carbocycles. The largest absolute Gasteiger partial charge is 0.398 e. The van der Waals surface area contributed by atoms with Crippen LogP contribution in [0.1, 0.15) is 16.7 Å². The molecule has 0 amide bonds. The van der Waals surface area contributed by atoms with Gasteiger partial charge in [0.15, 0.2) is 0 Å². The van der Waals surface area contributed by atoms with E-state index >= 15 is 0 Å². The Hall–Kier alpha value is -1.39. The fraction of sp³-hybridized carbons (Fsp3) is 0.333. The molecule has 0 aromatic heterocycles. The van der Waals surface area contributed by atoms with Gasteiger partial charge in [-0.1, -0.05) is 0 Å². The van der Waals surface area contributed by atoms with Crippen molar-refractivity contribution in [1.29, 1.82) is 0 Å². The van der Waals surface area contributed by atoms with Crippen LogP contribution in [0.5, 0.6) is 0 Å². The molecule has 1 rings (SSSR count). The van der Waals surface area contributed by atoms with Crippen molar-refractivity contribution in [2.45, 2.75) is 20.0 Å². The number of halogens is 3. The zero-order valence-electron chi connectivity index (χ0n) is 7.49. The van der Waals surface area contributed by atoms with Gasteiger partial charge in [-0.05, 0) is 11.6 Å². The summed E-state index contributed by atoms with van der Waals surface area (Å²) in [5.41, 5.74) is 11.0. The molecule has 0 radical (unpaired) electrons. The lowest BCUT2D eigenvalue weighted by molar-refractivity contribution is 0.452. The van der Waals surface area contributed by atoms with Crippen molar-refractivity contribution in [2.75, 3.05) is 11.5 Å². The van der Waals surface area contributed by atoms with Crippen LogP contribution in [0, 0.1) is 0 Å². The minimum absolute atomic E-state index is 0.00523. The van der Waals surface area contributed by atoms with Crippen LogP contribution < -0.4 is 11.5 Å². The molecule has 0 fully saturated rings. The standard InChI is InChI=1S/C9H11F3N2/c10-2-5-1-8(13)7(4-12)9(14)6(5)3-11/h1H,2-4,13-14H2. The van der Waals surface area contributed by atoms with E-state index in [1.54, 1.807) is 0 Å². The van der Waals surface area contributed by atoms with Gasteiger partial charge in [-0.25, -0.2) is 13.2 Å². The Labute approximate surface area is 79.7 Å². The number of benzene rings is 1. The van der Waals surface area contributed by atoms with Gasteiger partial charge < -0.3 is 11.5 Å². The Morgan fingerprint density at radius 2 is 1.50 bits per heavy atom. The Morgan fingerprint density at radius 1 is 0.929 bits per heavy atom. The minimum atomic E-state index is -0.918. The zero-order valence-corrected chi connectivity index (χ0v) is 7.49. The summed E-state index contributed by atoms with van der Waals surface area (Å²) < 4.78 is 37.3. The summed E-state index contributed by atoms with van der Waals surface area (Å²) >= 11 is 0. The Morgan fingerprint density at radius 3 is 1.93 bits per heavy atom. The van der Waals surface area contributed by atoms with Crippen LogP contribution >= 0.6 is 0 Å². The van der Waals surface area contributed by atoms with Gasteiger partial charge in [0.2, 0.25) is 0 Å². The highest BCUT2D eigenvalue weighted by Crippen LogP contribution is 2.29. The molecular formula is C9H11F3N2. The van der Waals surface area contributed by atoms with E-state index in [-0.39, 0.29) is 28.1 Å². The van der Waals surface area contributed by atoms with Crippen LogP contribution in [0.3, 0.4) is 0 Å². The third-order valence-corrected chi connectivity index (χ3v) is 2.13. The second kappa shape index (κ2) is 4.21. The number of nitrogens with two attached hydrogens (primary N) is 2. The normalized spacial score (nSPS) is 10.5. The molecule has 1 aromatic rings. The maximum absolute atomic E-state index is 12.5. The van der Waals surface area contributed by atoms with Crippen LogP contribution in [0.25, 0.3) is 0 Å². The van der Waals surface area contributed by atoms with Crippen molar-refractivity contribution in [2.24, 2.45) is 0 Å². The number of hydrogen-bond donors (Lipinski definition) is 2. The molecule has 0 bridgehead atoms. The molecule has 0 saturated heterocycles. The molecule has 4 N–H and O–H groups in total. The smallest absolute Gasteiger partial charge is 0.118 e. The molecule has 0 aliphatic rings. The topological polar surface area (TPSA) is 52.0 Å². The fourth-order valence-electron chi connectivity index (χ4n) is 1.30. The summed E-state index contributed by atoms with van der Waals surface area (Å²) in [4.78, 5) is 0. The van der Waals surface area contributed by atoms with Crippen molar-refractivity contribution in [3.63, 3.8) is 0 Å². The molecule has 0 saturated carbocycles. The molecule has 0 aliphatic heterocycles. The average molecular weight is 204 g/mol. The van der Waals surface area contributed by atoms with Crippen LogP contribution in [-0.2, 0) is 20.0 Å². The highest BCUT2D eigenvalue weighted by molar-refractivity contribution is 5.67. The first-order valence-corrected chi connectivity index (χ1v) is 4.02. The highest BCUT2D eigenvalue weighted by atomic mass is 19.1. The first-order chi connectivity index (χ1) is 6.65. The third kappa shape index (κ3) is 1.62. The number of hydrogen-bond acceptors (Lipinski definition) is 2. The van der Waals surface area contributed by atoms with E-state index in [0.29, 0.717) is 0 Å². The second-order valence-electron chi connectivity index (χ2n) is 2.90. The third-order valence-electron chi connectivity index (χ3n) is 2.13. The van der Waals surface area contributed by atoms with E-state index in [2.05, 4.69) is 0 Å². The lowest BCUT2D eigenvalue weighted by atomic mass is 10.0. The maximum Gasteiger partial charge on any atom is 0.118 e. The Bertz CT molecular complexity index is 339. The van der Waals surface area contributed by atoms with E-state index in [1.807, 2.05) is 0 Å². The summed E-state index contributed by atoms with van der Waals surface area (Å²) in [5, 5.41) is 0. The number of rotatable bonds is 3. The van der Waals surface area contributed by atoms with Gasteiger partial charge in [0.05, 0.1) is 0 Å². The zero-order chi connectivity index (χ0) is 10.7. The number of alkyl halides is 3. The van der Waals surface area contributed by atoms with E-state index in [4.69, 9.17) is 11.5 Å². The monoisotopic (exact) mass is 204 g/mol. The molecule has 0 heterocycles. The van der Waals surface area contributed by atoms with Crippen LogP contribution in [-0.4, -0.2) is 0 Å². The van der Waals surface area contributed by atoms with Crippen molar-refractivity contribution >= 4 is 11.4 Å². The van der Waals surface area contributed by atoms with Crippen LogP contribution in [0.2, 0.25) is 0 Å². The summed E-state index contributed by atoms with van der Waals surface area (Å²) in [7, 11) is 0. The van der Waals surface area contributed by atoms with E-state index < -0.39 is 20.0 Å². The second-order valence-corrected chi connectivity index (χ2v) is 2.90. The molecule has 78 valence electrons. The van der Waals surface area contributed by atoms with Gasteiger partial charge >= 0.3 is 0 Å². The quantitative estimate of drug-likeness (QED) is 0.742. The Balaban J connectivity index is 3.39. The van der Waals surface area contributed by atoms with E-state index in [9.17, 15) is 13.2 Å². The first kappa shape index (κ1) is 10.7. The van der Waals surface area contributed by atoms with Crippen molar-refractivity contribution < 1.29 is 13.2 Å². The SMILES string of the molecule is Nc1cc(CF)c(CF)c(N)c1CF. The molecular weight excluding hydrogens is 193 g/mol. The van der Waals surface area contributed by atoms with E-state index in [0.717, 1.165) is 0 Å². The molecule has 5 heteroatoms. The first-order valence-electron chi connectivity index (χ1n) is 4.02.